The van der Waals surface area contributed by atoms with E-state index in [1.54, 1.807) is 10.6 Å². The number of nitrogens with zero attached hydrogens (tertiary/aromatic N) is 5. The monoisotopic (exact) mass is 443 g/mol. The third kappa shape index (κ3) is 4.82. The Bertz CT molecular complexity index is 1260. The molecule has 1 fully saturated rings. The lowest BCUT2D eigenvalue weighted by Crippen LogP contribution is -2.20. The molecule has 2 heterocycles. The fourth-order valence-corrected chi connectivity index (χ4v) is 4.76. The minimum atomic E-state index is -0.0333. The number of hydrogen-bond acceptors (Lipinski definition) is 5. The van der Waals surface area contributed by atoms with Crippen molar-refractivity contribution < 1.29 is 4.74 Å². The molecule has 1 aliphatic carbocycles. The van der Waals surface area contributed by atoms with Gasteiger partial charge in [0.15, 0.2) is 5.82 Å². The largest absolute Gasteiger partial charge is 0.491 e. The van der Waals surface area contributed by atoms with Gasteiger partial charge >= 0.3 is 0 Å². The molecule has 7 nitrogen and oxygen atoms in total. The average molecular weight is 444 g/mol. The molecule has 33 heavy (non-hydrogen) atoms. The molecule has 0 N–H and O–H groups in total. The number of tetrazole rings is 1. The summed E-state index contributed by atoms with van der Waals surface area (Å²) < 4.78 is 10.0. The first-order valence-corrected chi connectivity index (χ1v) is 11.9. The normalized spacial score (nSPS) is 14.5. The van der Waals surface area contributed by atoms with Gasteiger partial charge in [0, 0.05) is 17.9 Å². The third-order valence-electron chi connectivity index (χ3n) is 6.44. The van der Waals surface area contributed by atoms with Crippen molar-refractivity contribution in [3.8, 4) is 5.75 Å². The summed E-state index contributed by atoms with van der Waals surface area (Å²) in [5, 5.41) is 13.4. The van der Waals surface area contributed by atoms with Crippen LogP contribution >= 0.6 is 0 Å². The van der Waals surface area contributed by atoms with Gasteiger partial charge in [0.1, 0.15) is 5.75 Å². The van der Waals surface area contributed by atoms with E-state index in [0.29, 0.717) is 19.2 Å². The van der Waals surface area contributed by atoms with E-state index >= 15 is 0 Å². The molecular formula is C26H29N5O2. The minimum Gasteiger partial charge on any atom is -0.491 e. The first-order chi connectivity index (χ1) is 16.3. The van der Waals surface area contributed by atoms with Crippen LogP contribution in [0, 0.1) is 0 Å². The summed E-state index contributed by atoms with van der Waals surface area (Å²) in [4.78, 5) is 12.7. The number of benzene rings is 2. The van der Waals surface area contributed by atoms with Gasteiger partial charge in [0.05, 0.1) is 24.7 Å². The summed E-state index contributed by atoms with van der Waals surface area (Å²) in [7, 11) is 0. The number of para-hydroxylation sites is 1. The van der Waals surface area contributed by atoms with Gasteiger partial charge in [-0.2, -0.15) is 0 Å². The second-order valence-corrected chi connectivity index (χ2v) is 8.72. The van der Waals surface area contributed by atoms with Crippen LogP contribution < -0.4 is 10.3 Å². The Hall–Kier alpha value is -3.48. The number of aromatic nitrogens is 5. The molecular weight excluding hydrogens is 414 g/mol. The molecule has 5 rings (SSSR count). The molecule has 0 spiro atoms. The van der Waals surface area contributed by atoms with E-state index in [9.17, 15) is 4.79 Å². The standard InChI is InChI=1S/C26H29N5O2/c32-25-17-16-21-11-7-14-23(26(21)30(25)19-20-9-3-1-4-10-20)33-18-8-15-24-27-28-29-31(24)22-12-5-2-6-13-22/h1,3-4,7,9-11,14,16-17,22H,2,5-6,8,12-13,15,18-19H2. The van der Waals surface area contributed by atoms with Gasteiger partial charge in [-0.15, -0.1) is 5.10 Å². The molecule has 0 amide bonds. The van der Waals surface area contributed by atoms with Crippen LogP contribution in [-0.2, 0) is 13.0 Å². The minimum absolute atomic E-state index is 0.0333. The Morgan fingerprint density at radius 3 is 2.64 bits per heavy atom. The smallest absolute Gasteiger partial charge is 0.251 e. The fraction of sp³-hybridized carbons (Fsp3) is 0.385. The number of fused-ring (bicyclic) bond motifs is 1. The molecule has 170 valence electrons. The maximum atomic E-state index is 12.7. The quantitative estimate of drug-likeness (QED) is 0.374. The number of pyridine rings is 1. The molecule has 2 aromatic carbocycles. The molecule has 1 aliphatic rings. The van der Waals surface area contributed by atoms with E-state index in [1.807, 2.05) is 59.3 Å². The summed E-state index contributed by atoms with van der Waals surface area (Å²) in [6, 6.07) is 19.9. The van der Waals surface area contributed by atoms with Crippen LogP contribution in [0.1, 0.15) is 56.0 Å². The first kappa shape index (κ1) is 21.4. The molecule has 0 atom stereocenters. The van der Waals surface area contributed by atoms with Crippen molar-refractivity contribution >= 4 is 10.9 Å². The Morgan fingerprint density at radius 1 is 0.939 bits per heavy atom. The molecule has 0 aliphatic heterocycles. The van der Waals surface area contributed by atoms with Gasteiger partial charge in [0.2, 0.25) is 0 Å². The molecule has 0 unspecified atom stereocenters. The summed E-state index contributed by atoms with van der Waals surface area (Å²) >= 11 is 0. The van der Waals surface area contributed by atoms with Crippen molar-refractivity contribution in [3.05, 3.63) is 82.4 Å². The zero-order valence-corrected chi connectivity index (χ0v) is 18.8. The van der Waals surface area contributed by atoms with Gasteiger partial charge in [-0.3, -0.25) is 4.79 Å². The fourth-order valence-electron chi connectivity index (χ4n) is 4.76. The second kappa shape index (κ2) is 9.98. The van der Waals surface area contributed by atoms with Crippen LogP contribution in [0.3, 0.4) is 0 Å². The van der Waals surface area contributed by atoms with Crippen LogP contribution in [-0.4, -0.2) is 31.4 Å². The summed E-state index contributed by atoms with van der Waals surface area (Å²) in [6.07, 6.45) is 7.69. The molecule has 2 aromatic heterocycles. The van der Waals surface area contributed by atoms with Crippen LogP contribution in [0.25, 0.3) is 10.9 Å². The maximum absolute atomic E-state index is 12.7. The molecule has 0 saturated heterocycles. The summed E-state index contributed by atoms with van der Waals surface area (Å²) in [5.41, 5.74) is 1.88. The molecule has 0 bridgehead atoms. The van der Waals surface area contributed by atoms with Crippen molar-refractivity contribution in [3.63, 3.8) is 0 Å². The second-order valence-electron chi connectivity index (χ2n) is 8.72. The predicted octanol–water partition coefficient (Wildman–Crippen LogP) is 4.55. The van der Waals surface area contributed by atoms with E-state index in [-0.39, 0.29) is 5.56 Å². The van der Waals surface area contributed by atoms with Crippen molar-refractivity contribution in [2.24, 2.45) is 0 Å². The van der Waals surface area contributed by atoms with E-state index in [4.69, 9.17) is 4.74 Å². The Balaban J connectivity index is 1.30. The van der Waals surface area contributed by atoms with Crippen LogP contribution in [0.15, 0.2) is 65.5 Å². The summed E-state index contributed by atoms with van der Waals surface area (Å²) in [5.74, 6) is 1.66. The van der Waals surface area contributed by atoms with Crippen molar-refractivity contribution in [2.75, 3.05) is 6.61 Å². The summed E-state index contributed by atoms with van der Waals surface area (Å²) in [6.45, 7) is 1.04. The van der Waals surface area contributed by atoms with Crippen molar-refractivity contribution in [1.29, 1.82) is 0 Å². The van der Waals surface area contributed by atoms with E-state index in [1.165, 1.54) is 19.3 Å². The number of ether oxygens (including phenoxy) is 1. The lowest BCUT2D eigenvalue weighted by molar-refractivity contribution is 0.299. The van der Waals surface area contributed by atoms with Gasteiger partial charge in [-0.05, 0) is 47.4 Å². The van der Waals surface area contributed by atoms with Gasteiger partial charge in [0.25, 0.3) is 5.56 Å². The van der Waals surface area contributed by atoms with Crippen molar-refractivity contribution in [2.45, 2.75) is 57.5 Å². The van der Waals surface area contributed by atoms with Gasteiger partial charge < -0.3 is 9.30 Å². The highest BCUT2D eigenvalue weighted by atomic mass is 16.5. The highest BCUT2D eigenvalue weighted by Crippen LogP contribution is 2.28. The average Bonchev–Trinajstić information content (AvgIpc) is 3.33. The lowest BCUT2D eigenvalue weighted by atomic mass is 9.95. The van der Waals surface area contributed by atoms with Gasteiger partial charge in [-0.1, -0.05) is 61.7 Å². The van der Waals surface area contributed by atoms with Crippen LogP contribution in [0.2, 0.25) is 0 Å². The molecule has 4 aromatic rings. The van der Waals surface area contributed by atoms with E-state index in [2.05, 4.69) is 15.5 Å². The highest BCUT2D eigenvalue weighted by molar-refractivity contribution is 5.85. The van der Waals surface area contributed by atoms with Gasteiger partial charge in [-0.25, -0.2) is 4.68 Å². The van der Waals surface area contributed by atoms with Crippen molar-refractivity contribution in [1.82, 2.24) is 24.8 Å². The van der Waals surface area contributed by atoms with E-state index < -0.39 is 0 Å². The third-order valence-corrected chi connectivity index (χ3v) is 6.44. The van der Waals surface area contributed by atoms with Crippen LogP contribution in [0.4, 0.5) is 0 Å². The molecule has 7 heteroatoms. The number of rotatable bonds is 8. The van der Waals surface area contributed by atoms with E-state index in [0.717, 1.165) is 53.7 Å². The Labute approximate surface area is 193 Å². The number of hydrogen-bond donors (Lipinski definition) is 0. The SMILES string of the molecule is O=c1ccc2cccc(OCCCc3nnnn3C3CCCCC3)c2n1Cc1ccccc1. The number of aryl methyl sites for hydroxylation is 1. The lowest BCUT2D eigenvalue weighted by Gasteiger charge is -2.22. The predicted molar refractivity (Wildman–Crippen MR) is 128 cm³/mol. The maximum Gasteiger partial charge on any atom is 0.251 e. The Morgan fingerprint density at radius 2 is 1.79 bits per heavy atom. The highest BCUT2D eigenvalue weighted by Gasteiger charge is 2.19. The zero-order valence-electron chi connectivity index (χ0n) is 18.8. The zero-order chi connectivity index (χ0) is 22.5. The van der Waals surface area contributed by atoms with Crippen LogP contribution in [0.5, 0.6) is 5.75 Å². The molecule has 1 saturated carbocycles. The first-order valence-electron chi connectivity index (χ1n) is 11.9. The molecule has 0 radical (unpaired) electrons. The Kier molecular flexibility index (Phi) is 6.46. The topological polar surface area (TPSA) is 74.8 Å².